The summed E-state index contributed by atoms with van der Waals surface area (Å²) in [4.78, 5) is 16.2. The number of esters is 1. The molecule has 0 aliphatic rings. The normalized spacial score (nSPS) is 9.90. The van der Waals surface area contributed by atoms with Crippen molar-refractivity contribution < 1.29 is 9.53 Å². The Kier molecular flexibility index (Phi) is 4.23. The van der Waals surface area contributed by atoms with E-state index in [9.17, 15) is 4.79 Å². The second-order valence-corrected chi connectivity index (χ2v) is 5.26. The molecule has 2 aromatic rings. The van der Waals surface area contributed by atoms with Gasteiger partial charge in [0.25, 0.3) is 0 Å². The molecular weight excluding hydrogens is 298 g/mol. The zero-order valence-corrected chi connectivity index (χ0v) is 12.3. The molecule has 0 atom stereocenters. The second kappa shape index (κ2) is 5.90. The van der Waals surface area contributed by atoms with E-state index in [4.69, 9.17) is 16.9 Å². The molecular formula is C13H10ClN3O2S. The minimum absolute atomic E-state index is 0.413. The lowest BCUT2D eigenvalue weighted by atomic mass is 10.2. The van der Waals surface area contributed by atoms with Crippen molar-refractivity contribution in [3.05, 3.63) is 39.4 Å². The Balaban J connectivity index is 2.27. The minimum Gasteiger partial charge on any atom is -0.465 e. The number of aromatic nitrogens is 1. The van der Waals surface area contributed by atoms with Crippen LogP contribution >= 0.6 is 22.9 Å². The van der Waals surface area contributed by atoms with Crippen LogP contribution in [0.4, 0.5) is 10.8 Å². The monoisotopic (exact) mass is 307 g/mol. The SMILES string of the molecule is COC(=O)c1sc(Nc2ccc(C#N)cc2Cl)nc1C. The molecule has 0 spiro atoms. The number of nitrogens with one attached hydrogen (secondary N) is 1. The molecule has 0 bridgehead atoms. The molecule has 0 aliphatic heterocycles. The Morgan fingerprint density at radius 1 is 1.55 bits per heavy atom. The van der Waals surface area contributed by atoms with E-state index >= 15 is 0 Å². The molecule has 1 N–H and O–H groups in total. The minimum atomic E-state index is -0.418. The molecule has 0 amide bonds. The van der Waals surface area contributed by atoms with Gasteiger partial charge in [0.1, 0.15) is 4.88 Å². The fourth-order valence-corrected chi connectivity index (χ4v) is 2.66. The van der Waals surface area contributed by atoms with E-state index in [-0.39, 0.29) is 0 Å². The number of rotatable bonds is 3. The highest BCUT2D eigenvalue weighted by Crippen LogP contribution is 2.30. The molecule has 2 rings (SSSR count). The van der Waals surface area contributed by atoms with Crippen molar-refractivity contribution in [2.24, 2.45) is 0 Å². The van der Waals surface area contributed by atoms with Gasteiger partial charge in [0, 0.05) is 0 Å². The number of hydrogen-bond acceptors (Lipinski definition) is 6. The molecule has 5 nitrogen and oxygen atoms in total. The molecule has 0 saturated carbocycles. The van der Waals surface area contributed by atoms with Crippen LogP contribution in [0.2, 0.25) is 5.02 Å². The van der Waals surface area contributed by atoms with E-state index in [1.54, 1.807) is 25.1 Å². The first-order valence-electron chi connectivity index (χ1n) is 5.57. The number of halogens is 1. The molecule has 1 aromatic carbocycles. The maximum Gasteiger partial charge on any atom is 0.350 e. The van der Waals surface area contributed by atoms with Gasteiger partial charge in [0.05, 0.1) is 35.1 Å². The predicted molar refractivity (Wildman–Crippen MR) is 77.6 cm³/mol. The van der Waals surface area contributed by atoms with Crippen molar-refractivity contribution in [2.45, 2.75) is 6.92 Å². The van der Waals surface area contributed by atoms with Crippen LogP contribution in [-0.2, 0) is 4.74 Å². The average molecular weight is 308 g/mol. The fourth-order valence-electron chi connectivity index (χ4n) is 1.53. The summed E-state index contributed by atoms with van der Waals surface area (Å²) < 4.78 is 4.68. The summed E-state index contributed by atoms with van der Waals surface area (Å²) in [7, 11) is 1.33. The Morgan fingerprint density at radius 3 is 2.90 bits per heavy atom. The van der Waals surface area contributed by atoms with Gasteiger partial charge in [-0.15, -0.1) is 0 Å². The topological polar surface area (TPSA) is 75.0 Å². The first kappa shape index (κ1) is 14.3. The van der Waals surface area contributed by atoms with E-state index in [1.165, 1.54) is 18.4 Å². The third-order valence-electron chi connectivity index (χ3n) is 2.51. The van der Waals surface area contributed by atoms with E-state index in [2.05, 4.69) is 15.0 Å². The number of thiazole rings is 1. The number of aryl methyl sites for hydroxylation is 1. The van der Waals surface area contributed by atoms with Crippen molar-refractivity contribution in [3.8, 4) is 6.07 Å². The summed E-state index contributed by atoms with van der Waals surface area (Å²) in [6, 6.07) is 6.91. The van der Waals surface area contributed by atoms with Gasteiger partial charge in [-0.3, -0.25) is 0 Å². The van der Waals surface area contributed by atoms with Crippen LogP contribution in [0.1, 0.15) is 20.9 Å². The number of carbonyl (C=O) groups is 1. The lowest BCUT2D eigenvalue weighted by Gasteiger charge is -2.04. The Hall–Kier alpha value is -2.10. The molecule has 7 heteroatoms. The van der Waals surface area contributed by atoms with Gasteiger partial charge in [0.15, 0.2) is 5.13 Å². The third kappa shape index (κ3) is 2.90. The highest BCUT2D eigenvalue weighted by molar-refractivity contribution is 7.17. The molecule has 0 aliphatic carbocycles. The van der Waals surface area contributed by atoms with Gasteiger partial charge in [-0.1, -0.05) is 22.9 Å². The van der Waals surface area contributed by atoms with Crippen LogP contribution in [0.25, 0.3) is 0 Å². The first-order chi connectivity index (χ1) is 9.55. The summed E-state index contributed by atoms with van der Waals surface area (Å²) in [5.74, 6) is -0.418. The Labute approximate surface area is 124 Å². The van der Waals surface area contributed by atoms with Gasteiger partial charge in [0.2, 0.25) is 0 Å². The molecule has 1 aromatic heterocycles. The number of anilines is 2. The van der Waals surface area contributed by atoms with Crippen molar-refractivity contribution in [3.63, 3.8) is 0 Å². The maximum atomic E-state index is 11.5. The van der Waals surface area contributed by atoms with E-state index in [0.717, 1.165) is 0 Å². The van der Waals surface area contributed by atoms with Crippen molar-refractivity contribution in [1.82, 2.24) is 4.98 Å². The smallest absolute Gasteiger partial charge is 0.350 e. The fraction of sp³-hybridized carbons (Fsp3) is 0.154. The zero-order valence-electron chi connectivity index (χ0n) is 10.7. The van der Waals surface area contributed by atoms with Gasteiger partial charge < -0.3 is 10.1 Å². The summed E-state index contributed by atoms with van der Waals surface area (Å²) in [6.45, 7) is 1.73. The van der Waals surface area contributed by atoms with E-state index < -0.39 is 5.97 Å². The van der Waals surface area contributed by atoms with Gasteiger partial charge >= 0.3 is 5.97 Å². The molecule has 0 fully saturated rings. The number of nitriles is 1. The highest BCUT2D eigenvalue weighted by Gasteiger charge is 2.16. The predicted octanol–water partition coefficient (Wildman–Crippen LogP) is 3.51. The number of hydrogen-bond donors (Lipinski definition) is 1. The van der Waals surface area contributed by atoms with Crippen LogP contribution < -0.4 is 5.32 Å². The summed E-state index contributed by atoms with van der Waals surface area (Å²) >= 11 is 7.25. The standard InChI is InChI=1S/C13H10ClN3O2S/c1-7-11(12(18)19-2)20-13(16-7)17-10-4-3-8(6-15)5-9(10)14/h3-5H,1-2H3,(H,16,17). The maximum absolute atomic E-state index is 11.5. The van der Waals surface area contributed by atoms with Crippen LogP contribution in [0.3, 0.4) is 0 Å². The van der Waals surface area contributed by atoms with Crippen molar-refractivity contribution in [2.75, 3.05) is 12.4 Å². The molecule has 102 valence electrons. The second-order valence-electron chi connectivity index (χ2n) is 3.86. The van der Waals surface area contributed by atoms with Crippen LogP contribution in [0.15, 0.2) is 18.2 Å². The van der Waals surface area contributed by atoms with Crippen LogP contribution in [0, 0.1) is 18.3 Å². The number of benzene rings is 1. The summed E-state index contributed by atoms with van der Waals surface area (Å²) in [6.07, 6.45) is 0. The lowest BCUT2D eigenvalue weighted by Crippen LogP contribution is -1.99. The van der Waals surface area contributed by atoms with E-state index in [0.29, 0.717) is 32.0 Å². The highest BCUT2D eigenvalue weighted by atomic mass is 35.5. The van der Waals surface area contributed by atoms with Gasteiger partial charge in [-0.2, -0.15) is 5.26 Å². The Bertz CT molecular complexity index is 706. The summed E-state index contributed by atoms with van der Waals surface area (Å²) in [5.41, 5.74) is 1.69. The summed E-state index contributed by atoms with van der Waals surface area (Å²) in [5, 5.41) is 12.8. The van der Waals surface area contributed by atoms with Gasteiger partial charge in [-0.25, -0.2) is 9.78 Å². The average Bonchev–Trinajstić information content (AvgIpc) is 2.81. The van der Waals surface area contributed by atoms with E-state index in [1.807, 2.05) is 6.07 Å². The van der Waals surface area contributed by atoms with Crippen molar-refractivity contribution >= 4 is 39.7 Å². The first-order valence-corrected chi connectivity index (χ1v) is 6.77. The molecule has 0 unspecified atom stereocenters. The molecule has 0 saturated heterocycles. The number of carbonyl (C=O) groups excluding carboxylic acids is 1. The van der Waals surface area contributed by atoms with Crippen molar-refractivity contribution in [1.29, 1.82) is 5.26 Å². The molecule has 20 heavy (non-hydrogen) atoms. The van der Waals surface area contributed by atoms with Gasteiger partial charge in [-0.05, 0) is 25.1 Å². The largest absolute Gasteiger partial charge is 0.465 e. The third-order valence-corrected chi connectivity index (χ3v) is 3.87. The molecule has 0 radical (unpaired) electrons. The zero-order chi connectivity index (χ0) is 14.7. The quantitative estimate of drug-likeness (QED) is 0.878. The number of ether oxygens (including phenoxy) is 1. The molecule has 1 heterocycles. The Morgan fingerprint density at radius 2 is 2.30 bits per heavy atom. The number of nitrogens with zero attached hydrogens (tertiary/aromatic N) is 2. The lowest BCUT2D eigenvalue weighted by molar-refractivity contribution is 0.0605. The van der Waals surface area contributed by atoms with Crippen LogP contribution in [-0.4, -0.2) is 18.1 Å². The van der Waals surface area contributed by atoms with Crippen LogP contribution in [0.5, 0.6) is 0 Å². The number of methoxy groups -OCH3 is 1.